The first kappa shape index (κ1) is 17.2. The topological polar surface area (TPSA) is 46.5 Å². The van der Waals surface area contributed by atoms with E-state index in [0.717, 1.165) is 37.0 Å². The van der Waals surface area contributed by atoms with Crippen LogP contribution in [0.5, 0.6) is 5.75 Å². The monoisotopic (exact) mass is 328 g/mol. The van der Waals surface area contributed by atoms with E-state index in [-0.39, 0.29) is 11.3 Å². The number of aldehydes is 1. The number of hydrogen-bond acceptors (Lipinski definition) is 3. The number of aliphatic hydroxyl groups excluding tert-OH is 1. The summed E-state index contributed by atoms with van der Waals surface area (Å²) in [6, 6.07) is 6.16. The first-order valence-corrected chi connectivity index (χ1v) is 8.95. The molecule has 24 heavy (non-hydrogen) atoms. The molecule has 0 saturated carbocycles. The van der Waals surface area contributed by atoms with Crippen molar-refractivity contribution < 1.29 is 14.6 Å². The van der Waals surface area contributed by atoms with Gasteiger partial charge in [-0.15, -0.1) is 0 Å². The lowest BCUT2D eigenvalue weighted by Crippen LogP contribution is -2.51. The van der Waals surface area contributed by atoms with E-state index < -0.39 is 11.5 Å². The standard InChI is InChI=1S/C21H28O3/c1-5-19-20(3,14(2)23)10-9-18-17-7-6-16(24-4)12-15(17)8-11-21(18,19)13-22/h6-7,9,12-14,19,23H,5,8,10-11H2,1-4H3/t14-,19?,20+,21-/m0/s1. The summed E-state index contributed by atoms with van der Waals surface area (Å²) in [5.41, 5.74) is 2.85. The van der Waals surface area contributed by atoms with Crippen LogP contribution in [0.1, 0.15) is 51.2 Å². The highest BCUT2D eigenvalue weighted by Gasteiger charge is 2.55. The molecule has 3 rings (SSSR count). The fraction of sp³-hybridized carbons (Fsp3) is 0.571. The SMILES string of the molecule is CCC1[C@@](C)([C@H](C)O)CC=C2c3ccc(OC)cc3CC[C@]21C=O. The minimum Gasteiger partial charge on any atom is -0.497 e. The van der Waals surface area contributed by atoms with Gasteiger partial charge in [0.25, 0.3) is 0 Å². The molecule has 0 fully saturated rings. The van der Waals surface area contributed by atoms with Crippen molar-refractivity contribution in [2.75, 3.05) is 7.11 Å². The van der Waals surface area contributed by atoms with Gasteiger partial charge in [0.2, 0.25) is 0 Å². The molecule has 0 amide bonds. The van der Waals surface area contributed by atoms with Gasteiger partial charge in [0, 0.05) is 5.41 Å². The Morgan fingerprint density at radius 1 is 1.46 bits per heavy atom. The second-order valence-corrected chi connectivity index (χ2v) is 7.65. The predicted molar refractivity (Wildman–Crippen MR) is 96.0 cm³/mol. The molecule has 0 heterocycles. The highest BCUT2D eigenvalue weighted by Crippen LogP contribution is 2.60. The fourth-order valence-corrected chi connectivity index (χ4v) is 5.10. The molecule has 0 bridgehead atoms. The molecule has 4 atom stereocenters. The van der Waals surface area contributed by atoms with E-state index in [4.69, 9.17) is 4.74 Å². The average Bonchev–Trinajstić information content (AvgIpc) is 2.60. The summed E-state index contributed by atoms with van der Waals surface area (Å²) >= 11 is 0. The zero-order valence-electron chi connectivity index (χ0n) is 15.1. The van der Waals surface area contributed by atoms with Gasteiger partial charge in [0.1, 0.15) is 12.0 Å². The Hall–Kier alpha value is -1.61. The molecule has 0 radical (unpaired) electrons. The first-order chi connectivity index (χ1) is 11.4. The molecular weight excluding hydrogens is 300 g/mol. The van der Waals surface area contributed by atoms with Gasteiger partial charge in [0.15, 0.2) is 0 Å². The predicted octanol–water partition coefficient (Wildman–Crippen LogP) is 4.03. The number of carbonyl (C=O) groups is 1. The van der Waals surface area contributed by atoms with Gasteiger partial charge < -0.3 is 14.6 Å². The summed E-state index contributed by atoms with van der Waals surface area (Å²) in [6.07, 6.45) is 6.31. The average molecular weight is 328 g/mol. The number of hydrogen-bond donors (Lipinski definition) is 1. The number of aliphatic hydroxyl groups is 1. The van der Waals surface area contributed by atoms with Gasteiger partial charge in [-0.1, -0.05) is 32.4 Å². The summed E-state index contributed by atoms with van der Waals surface area (Å²) in [4.78, 5) is 12.4. The third-order valence-electron chi connectivity index (χ3n) is 6.65. The number of rotatable bonds is 4. The van der Waals surface area contributed by atoms with Crippen LogP contribution in [0, 0.1) is 16.7 Å². The van der Waals surface area contributed by atoms with Gasteiger partial charge >= 0.3 is 0 Å². The number of fused-ring (bicyclic) bond motifs is 3. The zero-order valence-corrected chi connectivity index (χ0v) is 15.1. The Bertz CT molecular complexity index is 676. The molecule has 0 saturated heterocycles. The highest BCUT2D eigenvalue weighted by atomic mass is 16.5. The lowest BCUT2D eigenvalue weighted by atomic mass is 9.49. The van der Waals surface area contributed by atoms with Gasteiger partial charge in [-0.2, -0.15) is 0 Å². The fourth-order valence-electron chi connectivity index (χ4n) is 5.10. The Kier molecular flexibility index (Phi) is 4.33. The first-order valence-electron chi connectivity index (χ1n) is 8.95. The smallest absolute Gasteiger partial charge is 0.130 e. The maximum atomic E-state index is 12.4. The Morgan fingerprint density at radius 3 is 2.79 bits per heavy atom. The van der Waals surface area contributed by atoms with Gasteiger partial charge in [-0.25, -0.2) is 0 Å². The second-order valence-electron chi connectivity index (χ2n) is 7.65. The van der Waals surface area contributed by atoms with E-state index in [1.165, 1.54) is 17.4 Å². The molecule has 0 aromatic heterocycles. The lowest BCUT2D eigenvalue weighted by Gasteiger charge is -2.54. The molecular formula is C21H28O3. The Balaban J connectivity index is 2.17. The molecule has 2 aliphatic carbocycles. The van der Waals surface area contributed by atoms with Crippen LogP contribution in [0.3, 0.4) is 0 Å². The maximum absolute atomic E-state index is 12.4. The van der Waals surface area contributed by atoms with E-state index in [1.54, 1.807) is 7.11 Å². The van der Waals surface area contributed by atoms with Crippen molar-refractivity contribution in [3.8, 4) is 5.75 Å². The quantitative estimate of drug-likeness (QED) is 0.849. The van der Waals surface area contributed by atoms with Crippen LogP contribution in [0.25, 0.3) is 5.57 Å². The second kappa shape index (κ2) is 6.03. The zero-order chi connectivity index (χ0) is 17.5. The normalized spacial score (nSPS) is 33.0. The van der Waals surface area contributed by atoms with Crippen LogP contribution >= 0.6 is 0 Å². The third kappa shape index (κ3) is 2.25. The van der Waals surface area contributed by atoms with E-state index in [1.807, 2.05) is 13.0 Å². The molecule has 0 aliphatic heterocycles. The van der Waals surface area contributed by atoms with Crippen molar-refractivity contribution >= 4 is 11.9 Å². The van der Waals surface area contributed by atoms with E-state index in [0.29, 0.717) is 0 Å². The molecule has 1 aromatic rings. The number of allylic oxidation sites excluding steroid dienone is 2. The van der Waals surface area contributed by atoms with Crippen molar-refractivity contribution in [1.82, 2.24) is 0 Å². The van der Waals surface area contributed by atoms with Crippen LogP contribution in [0.4, 0.5) is 0 Å². The minimum absolute atomic E-state index is 0.151. The number of methoxy groups -OCH3 is 1. The maximum Gasteiger partial charge on any atom is 0.130 e. The highest BCUT2D eigenvalue weighted by molar-refractivity contribution is 5.89. The van der Waals surface area contributed by atoms with Gasteiger partial charge in [-0.05, 0) is 60.9 Å². The Labute approximate surface area is 144 Å². The molecule has 130 valence electrons. The molecule has 0 spiro atoms. The van der Waals surface area contributed by atoms with E-state index in [2.05, 4.69) is 32.1 Å². The summed E-state index contributed by atoms with van der Waals surface area (Å²) in [6.45, 7) is 6.14. The van der Waals surface area contributed by atoms with Gasteiger partial charge in [0.05, 0.1) is 18.6 Å². The third-order valence-corrected chi connectivity index (χ3v) is 6.65. The van der Waals surface area contributed by atoms with Crippen LogP contribution in [-0.4, -0.2) is 24.6 Å². The minimum atomic E-state index is -0.486. The molecule has 3 heteroatoms. The summed E-state index contributed by atoms with van der Waals surface area (Å²) in [5, 5.41) is 10.4. The van der Waals surface area contributed by atoms with Crippen LogP contribution in [-0.2, 0) is 11.2 Å². The number of aryl methyl sites for hydroxylation is 1. The summed E-state index contributed by atoms with van der Waals surface area (Å²) in [7, 11) is 1.68. The summed E-state index contributed by atoms with van der Waals surface area (Å²) in [5.74, 6) is 1.02. The van der Waals surface area contributed by atoms with Crippen molar-refractivity contribution in [2.45, 2.75) is 52.6 Å². The van der Waals surface area contributed by atoms with E-state index >= 15 is 0 Å². The molecule has 1 N–H and O–H groups in total. The molecule has 1 aromatic carbocycles. The van der Waals surface area contributed by atoms with Crippen molar-refractivity contribution in [3.05, 3.63) is 35.4 Å². The lowest BCUT2D eigenvalue weighted by molar-refractivity contribution is -0.123. The number of benzene rings is 1. The number of carbonyl (C=O) groups excluding carboxylic acids is 1. The molecule has 3 nitrogen and oxygen atoms in total. The van der Waals surface area contributed by atoms with Crippen molar-refractivity contribution in [1.29, 1.82) is 0 Å². The van der Waals surface area contributed by atoms with Crippen LogP contribution in [0.2, 0.25) is 0 Å². The largest absolute Gasteiger partial charge is 0.497 e. The van der Waals surface area contributed by atoms with Crippen molar-refractivity contribution in [3.63, 3.8) is 0 Å². The van der Waals surface area contributed by atoms with Crippen LogP contribution in [0.15, 0.2) is 24.3 Å². The number of ether oxygens (including phenoxy) is 1. The van der Waals surface area contributed by atoms with Gasteiger partial charge in [-0.3, -0.25) is 0 Å². The molecule has 1 unspecified atom stereocenters. The molecule has 2 aliphatic rings. The summed E-state index contributed by atoms with van der Waals surface area (Å²) < 4.78 is 5.35. The van der Waals surface area contributed by atoms with E-state index in [9.17, 15) is 9.90 Å². The van der Waals surface area contributed by atoms with Crippen LogP contribution < -0.4 is 4.74 Å². The Morgan fingerprint density at radius 2 is 2.21 bits per heavy atom. The van der Waals surface area contributed by atoms with Crippen molar-refractivity contribution in [2.24, 2.45) is 16.7 Å².